The van der Waals surface area contributed by atoms with E-state index >= 15 is 0 Å². The van der Waals surface area contributed by atoms with Gasteiger partial charge in [0.2, 0.25) is 0 Å². The summed E-state index contributed by atoms with van der Waals surface area (Å²) in [5.74, 6) is -0.179. The number of anilines is 1. The first-order valence-corrected chi connectivity index (χ1v) is 7.92. The van der Waals surface area contributed by atoms with Gasteiger partial charge in [-0.2, -0.15) is 0 Å². The normalized spacial score (nSPS) is 10.7. The van der Waals surface area contributed by atoms with Crippen molar-refractivity contribution in [3.8, 4) is 0 Å². The fourth-order valence-electron chi connectivity index (χ4n) is 1.94. The molecule has 0 aliphatic heterocycles. The maximum atomic E-state index is 12.1. The summed E-state index contributed by atoms with van der Waals surface area (Å²) in [4.78, 5) is 12.6. The topological polar surface area (TPSA) is 29.1 Å². The summed E-state index contributed by atoms with van der Waals surface area (Å²) in [5, 5.41) is 7.34. The highest BCUT2D eigenvalue weighted by Crippen LogP contribution is 2.25. The van der Waals surface area contributed by atoms with Crippen LogP contribution in [0.15, 0.2) is 52.3 Å². The van der Waals surface area contributed by atoms with Crippen molar-refractivity contribution in [2.45, 2.75) is 0 Å². The lowest BCUT2D eigenvalue weighted by molar-refractivity contribution is 0.103. The van der Waals surface area contributed by atoms with Gasteiger partial charge in [0, 0.05) is 10.2 Å². The van der Waals surface area contributed by atoms with Gasteiger partial charge >= 0.3 is 0 Å². The van der Waals surface area contributed by atoms with Gasteiger partial charge in [0.05, 0.1) is 5.02 Å². The molecule has 0 atom stereocenters. The van der Waals surface area contributed by atoms with Crippen LogP contribution in [0, 0.1) is 0 Å². The van der Waals surface area contributed by atoms with Crippen molar-refractivity contribution in [1.29, 1.82) is 0 Å². The molecule has 1 heterocycles. The monoisotopic (exact) mass is 365 g/mol. The second-order valence-electron chi connectivity index (χ2n) is 4.26. The van der Waals surface area contributed by atoms with Gasteiger partial charge in [-0.3, -0.25) is 4.79 Å². The van der Waals surface area contributed by atoms with Crippen LogP contribution in [0.2, 0.25) is 5.02 Å². The van der Waals surface area contributed by atoms with Gasteiger partial charge in [-0.15, -0.1) is 11.3 Å². The first kappa shape index (κ1) is 13.6. The third-order valence-corrected chi connectivity index (χ3v) is 4.72. The maximum Gasteiger partial charge on any atom is 0.267 e. The van der Waals surface area contributed by atoms with Gasteiger partial charge in [0.1, 0.15) is 4.88 Å². The molecule has 0 aliphatic rings. The molecule has 0 fully saturated rings. The summed E-state index contributed by atoms with van der Waals surface area (Å²) >= 11 is 10.7. The summed E-state index contributed by atoms with van der Waals surface area (Å²) in [6.07, 6.45) is 0. The summed E-state index contributed by atoms with van der Waals surface area (Å²) in [6, 6.07) is 13.6. The highest BCUT2D eigenvalue weighted by Gasteiger charge is 2.12. The quantitative estimate of drug-likeness (QED) is 0.631. The number of hydrogen-bond acceptors (Lipinski definition) is 2. The van der Waals surface area contributed by atoms with Crippen molar-refractivity contribution >= 4 is 61.2 Å². The molecular formula is C15H9BrClNOS. The molecule has 3 aromatic rings. The van der Waals surface area contributed by atoms with Crippen LogP contribution >= 0.6 is 38.9 Å². The number of halogens is 2. The molecule has 0 radical (unpaired) electrons. The van der Waals surface area contributed by atoms with Gasteiger partial charge in [0.15, 0.2) is 0 Å². The Morgan fingerprint density at radius 1 is 1.10 bits per heavy atom. The molecule has 2 nitrogen and oxygen atoms in total. The van der Waals surface area contributed by atoms with Crippen molar-refractivity contribution in [2.75, 3.05) is 5.32 Å². The molecule has 20 heavy (non-hydrogen) atoms. The second kappa shape index (κ2) is 5.56. The molecule has 0 spiro atoms. The standard InChI is InChI=1S/C15H9BrClNOS/c16-11-3-1-10-8-12(4-2-9(10)7-11)18-15(19)14-13(17)5-6-20-14/h1-8H,(H,18,19). The van der Waals surface area contributed by atoms with Crippen LogP contribution in [-0.4, -0.2) is 5.91 Å². The fraction of sp³-hybridized carbons (Fsp3) is 0. The van der Waals surface area contributed by atoms with E-state index in [-0.39, 0.29) is 5.91 Å². The van der Waals surface area contributed by atoms with Crippen molar-refractivity contribution in [3.05, 3.63) is 62.2 Å². The van der Waals surface area contributed by atoms with E-state index in [0.29, 0.717) is 9.90 Å². The molecular weight excluding hydrogens is 358 g/mol. The number of carbonyl (C=O) groups is 1. The minimum Gasteiger partial charge on any atom is -0.321 e. The highest BCUT2D eigenvalue weighted by atomic mass is 79.9. The fourth-order valence-corrected chi connectivity index (χ4v) is 3.35. The summed E-state index contributed by atoms with van der Waals surface area (Å²) in [6.45, 7) is 0. The molecule has 2 aromatic carbocycles. The summed E-state index contributed by atoms with van der Waals surface area (Å²) < 4.78 is 1.03. The SMILES string of the molecule is O=C(Nc1ccc2cc(Br)ccc2c1)c1sccc1Cl. The molecule has 100 valence electrons. The van der Waals surface area contributed by atoms with Crippen molar-refractivity contribution in [3.63, 3.8) is 0 Å². The minimum atomic E-state index is -0.179. The highest BCUT2D eigenvalue weighted by molar-refractivity contribution is 9.10. The largest absolute Gasteiger partial charge is 0.321 e. The van der Waals surface area contributed by atoms with E-state index in [2.05, 4.69) is 21.2 Å². The summed E-state index contributed by atoms with van der Waals surface area (Å²) in [5.41, 5.74) is 0.759. The van der Waals surface area contributed by atoms with Crippen molar-refractivity contribution in [2.24, 2.45) is 0 Å². The van der Waals surface area contributed by atoms with Gasteiger partial charge in [-0.1, -0.05) is 39.7 Å². The van der Waals surface area contributed by atoms with Crippen LogP contribution in [-0.2, 0) is 0 Å². The van der Waals surface area contributed by atoms with Crippen LogP contribution in [0.25, 0.3) is 10.8 Å². The van der Waals surface area contributed by atoms with E-state index in [1.54, 1.807) is 11.4 Å². The number of fused-ring (bicyclic) bond motifs is 1. The number of hydrogen-bond donors (Lipinski definition) is 1. The lowest BCUT2D eigenvalue weighted by atomic mass is 10.1. The zero-order chi connectivity index (χ0) is 14.1. The van der Waals surface area contributed by atoms with Crippen LogP contribution in [0.4, 0.5) is 5.69 Å². The molecule has 5 heteroatoms. The maximum absolute atomic E-state index is 12.1. The van der Waals surface area contributed by atoms with E-state index in [1.165, 1.54) is 11.3 Å². The zero-order valence-corrected chi connectivity index (χ0v) is 13.3. The van der Waals surface area contributed by atoms with Crippen molar-refractivity contribution < 1.29 is 4.79 Å². The zero-order valence-electron chi connectivity index (χ0n) is 10.2. The Morgan fingerprint density at radius 2 is 1.85 bits per heavy atom. The third kappa shape index (κ3) is 2.73. The molecule has 0 aliphatic carbocycles. The molecule has 1 amide bonds. The second-order valence-corrected chi connectivity index (χ2v) is 6.50. The number of carbonyl (C=O) groups excluding carboxylic acids is 1. The van der Waals surface area contributed by atoms with E-state index in [1.807, 2.05) is 36.4 Å². The Balaban J connectivity index is 1.90. The van der Waals surface area contributed by atoms with Gasteiger partial charge in [-0.25, -0.2) is 0 Å². The van der Waals surface area contributed by atoms with Gasteiger partial charge < -0.3 is 5.32 Å². The third-order valence-electron chi connectivity index (χ3n) is 2.88. The Kier molecular flexibility index (Phi) is 3.78. The van der Waals surface area contributed by atoms with Gasteiger partial charge in [0.25, 0.3) is 5.91 Å². The Bertz CT molecular complexity index is 799. The molecule has 0 bridgehead atoms. The number of benzene rings is 2. The Morgan fingerprint density at radius 3 is 2.60 bits per heavy atom. The average Bonchev–Trinajstić information content (AvgIpc) is 2.85. The number of nitrogens with one attached hydrogen (secondary N) is 1. The van der Waals surface area contributed by atoms with Crippen molar-refractivity contribution in [1.82, 2.24) is 0 Å². The van der Waals surface area contributed by atoms with Crippen LogP contribution in [0.3, 0.4) is 0 Å². The molecule has 0 saturated heterocycles. The Hall–Kier alpha value is -1.36. The van der Waals surface area contributed by atoms with E-state index in [9.17, 15) is 4.79 Å². The number of thiophene rings is 1. The smallest absolute Gasteiger partial charge is 0.267 e. The predicted molar refractivity (Wildman–Crippen MR) is 88.9 cm³/mol. The number of amides is 1. The molecule has 0 saturated carbocycles. The Labute approximate surface area is 133 Å². The van der Waals surface area contributed by atoms with Gasteiger partial charge in [-0.05, 0) is 46.5 Å². The van der Waals surface area contributed by atoms with E-state index in [0.717, 1.165) is 20.9 Å². The number of rotatable bonds is 2. The molecule has 1 aromatic heterocycles. The summed E-state index contributed by atoms with van der Waals surface area (Å²) in [7, 11) is 0. The molecule has 0 unspecified atom stereocenters. The molecule has 1 N–H and O–H groups in total. The predicted octanol–water partition coefficient (Wildman–Crippen LogP) is 5.57. The average molecular weight is 367 g/mol. The first-order chi connectivity index (χ1) is 9.63. The first-order valence-electron chi connectivity index (χ1n) is 5.87. The van der Waals surface area contributed by atoms with E-state index < -0.39 is 0 Å². The van der Waals surface area contributed by atoms with Crippen LogP contribution < -0.4 is 5.32 Å². The molecule has 3 rings (SSSR count). The lowest BCUT2D eigenvalue weighted by Crippen LogP contribution is -2.10. The van der Waals surface area contributed by atoms with E-state index in [4.69, 9.17) is 11.6 Å². The minimum absolute atomic E-state index is 0.179. The van der Waals surface area contributed by atoms with Crippen LogP contribution in [0.1, 0.15) is 9.67 Å². The lowest BCUT2D eigenvalue weighted by Gasteiger charge is -2.06. The van der Waals surface area contributed by atoms with Crippen LogP contribution in [0.5, 0.6) is 0 Å².